The largest absolute Gasteiger partial charge is 0.448 e. The number of benzene rings is 1. The second kappa shape index (κ2) is 9.01. The van der Waals surface area contributed by atoms with E-state index in [4.69, 9.17) is 4.74 Å². The summed E-state index contributed by atoms with van der Waals surface area (Å²) in [6.07, 6.45) is 2.51. The number of hydrogen-bond donors (Lipinski definition) is 2. The molecule has 0 fully saturated rings. The molecule has 1 atom stereocenters. The summed E-state index contributed by atoms with van der Waals surface area (Å²) in [4.78, 5) is 36.8. The minimum atomic E-state index is -1.12. The monoisotopic (exact) mass is 397 g/mol. The fourth-order valence-electron chi connectivity index (χ4n) is 2.46. The van der Waals surface area contributed by atoms with E-state index >= 15 is 0 Å². The van der Waals surface area contributed by atoms with Crippen LogP contribution in [0.4, 0.5) is 4.79 Å². The quantitative estimate of drug-likeness (QED) is 0.626. The Bertz CT molecular complexity index is 951. The first kappa shape index (κ1) is 19.4. The Hall–Kier alpha value is -3.39. The predicted molar refractivity (Wildman–Crippen MR) is 105 cm³/mol. The van der Waals surface area contributed by atoms with Crippen molar-refractivity contribution in [3.8, 4) is 5.69 Å². The Morgan fingerprint density at radius 1 is 1.07 bits per heavy atom. The maximum atomic E-state index is 12.4. The van der Waals surface area contributed by atoms with E-state index in [2.05, 4.69) is 10.6 Å². The van der Waals surface area contributed by atoms with Crippen LogP contribution in [-0.2, 0) is 16.1 Å². The summed E-state index contributed by atoms with van der Waals surface area (Å²) >= 11 is 1.22. The first-order valence-corrected chi connectivity index (χ1v) is 9.47. The Kier molecular flexibility index (Phi) is 6.23. The molecular weight excluding hydrogens is 378 g/mol. The highest BCUT2D eigenvalue weighted by Crippen LogP contribution is 2.22. The van der Waals surface area contributed by atoms with Gasteiger partial charge >= 0.3 is 12.0 Å². The summed E-state index contributed by atoms with van der Waals surface area (Å²) in [7, 11) is 0. The molecule has 3 rings (SSSR count). The van der Waals surface area contributed by atoms with Crippen molar-refractivity contribution in [3.05, 3.63) is 76.7 Å². The predicted octanol–water partition coefficient (Wildman–Crippen LogP) is 3.11. The molecular formula is C20H19N3O4S. The van der Waals surface area contributed by atoms with E-state index in [1.807, 2.05) is 54.9 Å². The number of carbonyl (C=O) groups is 3. The SMILES string of the molecule is CC(OC(=O)c1sccc1-n1cccc1)C(=O)NC(=O)NCc1ccccc1. The molecule has 2 aromatic heterocycles. The van der Waals surface area contributed by atoms with Crippen LogP contribution in [0.25, 0.3) is 5.69 Å². The summed E-state index contributed by atoms with van der Waals surface area (Å²) < 4.78 is 7.01. The second-order valence-electron chi connectivity index (χ2n) is 5.93. The number of aromatic nitrogens is 1. The van der Waals surface area contributed by atoms with Gasteiger partial charge in [0.1, 0.15) is 4.88 Å². The van der Waals surface area contributed by atoms with Gasteiger partial charge in [-0.2, -0.15) is 0 Å². The summed E-state index contributed by atoms with van der Waals surface area (Å²) in [6.45, 7) is 1.70. The van der Waals surface area contributed by atoms with Crippen LogP contribution < -0.4 is 10.6 Å². The standard InChI is InChI=1S/C20H19N3O4S/c1-14(18(24)22-20(26)21-13-15-7-3-2-4-8-15)27-19(25)17-16(9-12-28-17)23-10-5-6-11-23/h2-12,14H,13H2,1H3,(H2,21,22,24,26). The van der Waals surface area contributed by atoms with Gasteiger partial charge < -0.3 is 14.6 Å². The molecule has 0 saturated heterocycles. The van der Waals surface area contributed by atoms with Crippen molar-refractivity contribution in [2.45, 2.75) is 19.6 Å². The molecule has 28 heavy (non-hydrogen) atoms. The summed E-state index contributed by atoms with van der Waals surface area (Å²) in [5, 5.41) is 6.53. The molecule has 1 aromatic carbocycles. The van der Waals surface area contributed by atoms with Crippen molar-refractivity contribution in [2.24, 2.45) is 0 Å². The van der Waals surface area contributed by atoms with Gasteiger partial charge in [-0.25, -0.2) is 9.59 Å². The Morgan fingerprint density at radius 3 is 2.50 bits per heavy atom. The van der Waals surface area contributed by atoms with Gasteiger partial charge in [0, 0.05) is 18.9 Å². The number of thiophene rings is 1. The Labute approximate surface area is 165 Å². The van der Waals surface area contributed by atoms with E-state index < -0.39 is 24.0 Å². The highest BCUT2D eigenvalue weighted by Gasteiger charge is 2.23. The molecule has 0 saturated carbocycles. The van der Waals surface area contributed by atoms with Crippen LogP contribution in [0.1, 0.15) is 22.2 Å². The summed E-state index contributed by atoms with van der Waals surface area (Å²) in [5.41, 5.74) is 1.58. The zero-order chi connectivity index (χ0) is 19.9. The smallest absolute Gasteiger partial charge is 0.351 e. The van der Waals surface area contributed by atoms with Crippen LogP contribution >= 0.6 is 11.3 Å². The number of ether oxygens (including phenoxy) is 1. The normalized spacial score (nSPS) is 11.5. The van der Waals surface area contributed by atoms with E-state index in [1.54, 1.807) is 16.0 Å². The first-order valence-electron chi connectivity index (χ1n) is 8.59. The van der Waals surface area contributed by atoms with Gasteiger partial charge in [0.2, 0.25) is 0 Å². The van der Waals surface area contributed by atoms with E-state index in [0.29, 0.717) is 10.6 Å². The van der Waals surface area contributed by atoms with Crippen LogP contribution in [0.3, 0.4) is 0 Å². The number of hydrogen-bond acceptors (Lipinski definition) is 5. The van der Waals surface area contributed by atoms with Crippen molar-refractivity contribution in [3.63, 3.8) is 0 Å². The van der Waals surface area contributed by atoms with Gasteiger partial charge in [0.25, 0.3) is 5.91 Å². The Balaban J connectivity index is 1.52. The molecule has 0 aliphatic carbocycles. The highest BCUT2D eigenvalue weighted by molar-refractivity contribution is 7.12. The molecule has 144 valence electrons. The van der Waals surface area contributed by atoms with E-state index in [9.17, 15) is 14.4 Å². The van der Waals surface area contributed by atoms with Crippen molar-refractivity contribution in [1.29, 1.82) is 0 Å². The lowest BCUT2D eigenvalue weighted by Gasteiger charge is -2.13. The molecule has 0 radical (unpaired) electrons. The fraction of sp³-hybridized carbons (Fsp3) is 0.150. The number of amides is 3. The van der Waals surface area contributed by atoms with E-state index in [0.717, 1.165) is 5.56 Å². The average Bonchev–Trinajstić information content (AvgIpc) is 3.38. The minimum Gasteiger partial charge on any atom is -0.448 e. The number of imide groups is 1. The average molecular weight is 397 g/mol. The number of rotatable bonds is 6. The van der Waals surface area contributed by atoms with Gasteiger partial charge in [-0.1, -0.05) is 30.3 Å². The molecule has 3 amide bonds. The molecule has 1 unspecified atom stereocenters. The lowest BCUT2D eigenvalue weighted by Crippen LogP contribution is -2.44. The summed E-state index contributed by atoms with van der Waals surface area (Å²) in [5.74, 6) is -1.32. The van der Waals surface area contributed by atoms with Gasteiger partial charge in [0.05, 0.1) is 5.69 Å². The molecule has 8 heteroatoms. The van der Waals surface area contributed by atoms with Crippen LogP contribution in [0.15, 0.2) is 66.3 Å². The second-order valence-corrected chi connectivity index (χ2v) is 6.85. The number of esters is 1. The van der Waals surface area contributed by atoms with Gasteiger partial charge in [0.15, 0.2) is 6.10 Å². The van der Waals surface area contributed by atoms with Gasteiger partial charge in [-0.3, -0.25) is 10.1 Å². The maximum Gasteiger partial charge on any atom is 0.351 e. The fourth-order valence-corrected chi connectivity index (χ4v) is 3.23. The lowest BCUT2D eigenvalue weighted by molar-refractivity contribution is -0.127. The first-order chi connectivity index (χ1) is 13.5. The number of nitrogens with one attached hydrogen (secondary N) is 2. The number of carbonyl (C=O) groups excluding carboxylic acids is 3. The van der Waals surface area contributed by atoms with Crippen LogP contribution in [0.2, 0.25) is 0 Å². The highest BCUT2D eigenvalue weighted by atomic mass is 32.1. The minimum absolute atomic E-state index is 0.281. The third-order valence-electron chi connectivity index (χ3n) is 3.90. The molecule has 0 spiro atoms. The number of urea groups is 1. The molecule has 2 N–H and O–H groups in total. The van der Waals surface area contributed by atoms with Crippen LogP contribution in [0, 0.1) is 0 Å². The number of nitrogens with zero attached hydrogens (tertiary/aromatic N) is 1. The van der Waals surface area contributed by atoms with E-state index in [1.165, 1.54) is 18.3 Å². The van der Waals surface area contributed by atoms with Crippen LogP contribution in [0.5, 0.6) is 0 Å². The molecule has 3 aromatic rings. The van der Waals surface area contributed by atoms with Crippen molar-refractivity contribution in [2.75, 3.05) is 0 Å². The van der Waals surface area contributed by atoms with Gasteiger partial charge in [-0.15, -0.1) is 11.3 Å². The van der Waals surface area contributed by atoms with Crippen molar-refractivity contribution >= 4 is 29.2 Å². The van der Waals surface area contributed by atoms with Crippen molar-refractivity contribution < 1.29 is 19.1 Å². The summed E-state index contributed by atoms with van der Waals surface area (Å²) in [6, 6.07) is 14.1. The molecule has 7 nitrogen and oxygen atoms in total. The van der Waals surface area contributed by atoms with Crippen LogP contribution in [-0.4, -0.2) is 28.6 Å². The van der Waals surface area contributed by atoms with E-state index in [-0.39, 0.29) is 6.54 Å². The zero-order valence-corrected chi connectivity index (χ0v) is 15.9. The molecule has 0 aliphatic rings. The lowest BCUT2D eigenvalue weighted by atomic mass is 10.2. The Morgan fingerprint density at radius 2 is 1.79 bits per heavy atom. The van der Waals surface area contributed by atoms with Gasteiger partial charge in [-0.05, 0) is 36.1 Å². The zero-order valence-electron chi connectivity index (χ0n) is 15.1. The molecule has 2 heterocycles. The third kappa shape index (κ3) is 4.86. The molecule has 0 bridgehead atoms. The van der Waals surface area contributed by atoms with Crippen molar-refractivity contribution in [1.82, 2.24) is 15.2 Å². The maximum absolute atomic E-state index is 12.4. The molecule has 0 aliphatic heterocycles. The topological polar surface area (TPSA) is 89.4 Å². The third-order valence-corrected chi connectivity index (χ3v) is 4.78.